The van der Waals surface area contributed by atoms with Crippen LogP contribution >= 0.6 is 15.9 Å². The van der Waals surface area contributed by atoms with E-state index in [1.165, 1.54) is 12.8 Å². The molecule has 6 heteroatoms. The van der Waals surface area contributed by atoms with E-state index in [1.54, 1.807) is 6.20 Å². The Balaban J connectivity index is 1.73. The SMILES string of the molecule is Brc1ccc(Nc2nncc(NC3CC3)n2)cc1. The van der Waals surface area contributed by atoms with Crippen molar-refractivity contribution in [3.8, 4) is 0 Å². The summed E-state index contributed by atoms with van der Waals surface area (Å²) < 4.78 is 1.04. The molecule has 0 spiro atoms. The second kappa shape index (κ2) is 4.89. The van der Waals surface area contributed by atoms with Crippen molar-refractivity contribution in [2.75, 3.05) is 10.6 Å². The maximum absolute atomic E-state index is 4.36. The van der Waals surface area contributed by atoms with Crippen LogP contribution in [0.2, 0.25) is 0 Å². The zero-order chi connectivity index (χ0) is 12.4. The fourth-order valence-electron chi connectivity index (χ4n) is 1.53. The van der Waals surface area contributed by atoms with Gasteiger partial charge in [0.1, 0.15) is 0 Å². The molecule has 1 saturated carbocycles. The summed E-state index contributed by atoms with van der Waals surface area (Å²) in [7, 11) is 0. The van der Waals surface area contributed by atoms with Gasteiger partial charge in [0.2, 0.25) is 5.95 Å². The van der Waals surface area contributed by atoms with E-state index < -0.39 is 0 Å². The van der Waals surface area contributed by atoms with Gasteiger partial charge in [0.05, 0.1) is 6.20 Å². The fraction of sp³-hybridized carbons (Fsp3) is 0.250. The Morgan fingerprint density at radius 3 is 2.67 bits per heavy atom. The maximum atomic E-state index is 4.36. The molecule has 1 aliphatic rings. The first kappa shape index (κ1) is 11.4. The Morgan fingerprint density at radius 2 is 1.94 bits per heavy atom. The molecule has 1 fully saturated rings. The minimum absolute atomic E-state index is 0.503. The summed E-state index contributed by atoms with van der Waals surface area (Å²) in [6.45, 7) is 0. The van der Waals surface area contributed by atoms with Gasteiger partial charge in [-0.2, -0.15) is 10.1 Å². The molecule has 1 aromatic carbocycles. The van der Waals surface area contributed by atoms with Crippen LogP contribution in [0.15, 0.2) is 34.9 Å². The van der Waals surface area contributed by atoms with E-state index in [0.717, 1.165) is 16.0 Å². The van der Waals surface area contributed by atoms with Crippen molar-refractivity contribution in [3.05, 3.63) is 34.9 Å². The van der Waals surface area contributed by atoms with Crippen molar-refractivity contribution in [1.82, 2.24) is 15.2 Å². The molecule has 18 heavy (non-hydrogen) atoms. The molecule has 0 saturated heterocycles. The molecule has 0 unspecified atom stereocenters. The minimum Gasteiger partial charge on any atom is -0.366 e. The minimum atomic E-state index is 0.503. The van der Waals surface area contributed by atoms with Crippen molar-refractivity contribution in [2.24, 2.45) is 0 Å². The summed E-state index contributed by atoms with van der Waals surface area (Å²) in [5, 5.41) is 14.3. The van der Waals surface area contributed by atoms with Crippen molar-refractivity contribution in [2.45, 2.75) is 18.9 Å². The van der Waals surface area contributed by atoms with Gasteiger partial charge in [-0.05, 0) is 37.1 Å². The van der Waals surface area contributed by atoms with Gasteiger partial charge in [-0.25, -0.2) is 0 Å². The molecule has 1 aromatic heterocycles. The lowest BCUT2D eigenvalue weighted by Gasteiger charge is -2.06. The second-order valence-corrected chi connectivity index (χ2v) is 5.13. The molecule has 0 bridgehead atoms. The lowest BCUT2D eigenvalue weighted by Crippen LogP contribution is -2.06. The molecule has 0 amide bonds. The van der Waals surface area contributed by atoms with Gasteiger partial charge in [0, 0.05) is 16.2 Å². The van der Waals surface area contributed by atoms with Crippen LogP contribution in [-0.2, 0) is 0 Å². The van der Waals surface area contributed by atoms with E-state index in [0.29, 0.717) is 12.0 Å². The van der Waals surface area contributed by atoms with Gasteiger partial charge in [-0.15, -0.1) is 5.10 Å². The third-order valence-electron chi connectivity index (χ3n) is 2.59. The number of aromatic nitrogens is 3. The quantitative estimate of drug-likeness (QED) is 0.909. The van der Waals surface area contributed by atoms with Crippen LogP contribution < -0.4 is 10.6 Å². The van der Waals surface area contributed by atoms with E-state index in [9.17, 15) is 0 Å². The molecule has 3 rings (SSSR count). The third-order valence-corrected chi connectivity index (χ3v) is 3.12. The van der Waals surface area contributed by atoms with E-state index >= 15 is 0 Å². The highest BCUT2D eigenvalue weighted by atomic mass is 79.9. The number of hydrogen-bond acceptors (Lipinski definition) is 5. The molecule has 0 radical (unpaired) electrons. The summed E-state index contributed by atoms with van der Waals surface area (Å²) >= 11 is 3.40. The number of halogens is 1. The van der Waals surface area contributed by atoms with Crippen LogP contribution in [-0.4, -0.2) is 21.2 Å². The van der Waals surface area contributed by atoms with Gasteiger partial charge in [0.25, 0.3) is 0 Å². The van der Waals surface area contributed by atoms with E-state index in [1.807, 2.05) is 24.3 Å². The summed E-state index contributed by atoms with van der Waals surface area (Å²) in [6, 6.07) is 8.38. The number of anilines is 3. The Hall–Kier alpha value is -1.69. The zero-order valence-corrected chi connectivity index (χ0v) is 11.2. The molecule has 2 aromatic rings. The fourth-order valence-corrected chi connectivity index (χ4v) is 1.79. The summed E-state index contributed by atoms with van der Waals surface area (Å²) in [5.41, 5.74) is 0.934. The molecular weight excluding hydrogens is 294 g/mol. The van der Waals surface area contributed by atoms with Crippen molar-refractivity contribution < 1.29 is 0 Å². The standard InChI is InChI=1S/C12H12BrN5/c13-8-1-3-10(4-2-8)16-12-17-11(7-14-18-12)15-9-5-6-9/h1-4,7,9H,5-6H2,(H2,15,16,17,18). The molecule has 0 atom stereocenters. The normalized spacial score (nSPS) is 14.3. The Kier molecular flexibility index (Phi) is 3.10. The maximum Gasteiger partial charge on any atom is 0.249 e. The number of hydrogen-bond donors (Lipinski definition) is 2. The predicted molar refractivity (Wildman–Crippen MR) is 73.9 cm³/mol. The van der Waals surface area contributed by atoms with Gasteiger partial charge in [-0.3, -0.25) is 0 Å². The van der Waals surface area contributed by atoms with Gasteiger partial charge >= 0.3 is 0 Å². The topological polar surface area (TPSA) is 62.7 Å². The number of rotatable bonds is 4. The average Bonchev–Trinajstić information content (AvgIpc) is 3.17. The average molecular weight is 306 g/mol. The Labute approximate surface area is 113 Å². The van der Waals surface area contributed by atoms with Gasteiger partial charge < -0.3 is 10.6 Å². The molecule has 5 nitrogen and oxygen atoms in total. The van der Waals surface area contributed by atoms with Crippen LogP contribution in [0.4, 0.5) is 17.5 Å². The lowest BCUT2D eigenvalue weighted by atomic mass is 10.3. The molecular formula is C12H12BrN5. The highest BCUT2D eigenvalue weighted by Crippen LogP contribution is 2.24. The molecule has 1 heterocycles. The molecule has 2 N–H and O–H groups in total. The highest BCUT2D eigenvalue weighted by molar-refractivity contribution is 9.10. The number of nitrogens with zero attached hydrogens (tertiary/aromatic N) is 3. The number of benzene rings is 1. The monoisotopic (exact) mass is 305 g/mol. The largest absolute Gasteiger partial charge is 0.366 e. The van der Waals surface area contributed by atoms with E-state index in [4.69, 9.17) is 0 Å². The first-order valence-electron chi connectivity index (χ1n) is 5.78. The second-order valence-electron chi connectivity index (χ2n) is 4.22. The van der Waals surface area contributed by atoms with Gasteiger partial charge in [0.15, 0.2) is 5.82 Å². The van der Waals surface area contributed by atoms with Crippen molar-refractivity contribution >= 4 is 33.4 Å². The van der Waals surface area contributed by atoms with Crippen LogP contribution in [0.5, 0.6) is 0 Å². The van der Waals surface area contributed by atoms with E-state index in [2.05, 4.69) is 41.7 Å². The lowest BCUT2D eigenvalue weighted by molar-refractivity contribution is 0.965. The summed E-state index contributed by atoms with van der Waals surface area (Å²) in [5.74, 6) is 1.27. The molecule has 1 aliphatic carbocycles. The van der Waals surface area contributed by atoms with Crippen molar-refractivity contribution in [1.29, 1.82) is 0 Å². The van der Waals surface area contributed by atoms with Crippen LogP contribution in [0.25, 0.3) is 0 Å². The summed E-state index contributed by atoms with van der Waals surface area (Å²) in [6.07, 6.45) is 4.06. The van der Waals surface area contributed by atoms with Crippen molar-refractivity contribution in [3.63, 3.8) is 0 Å². The first-order chi connectivity index (χ1) is 8.79. The Bertz CT molecular complexity index is 538. The third kappa shape index (κ3) is 2.95. The molecule has 0 aliphatic heterocycles. The number of nitrogens with one attached hydrogen (secondary N) is 2. The summed E-state index contributed by atoms with van der Waals surface area (Å²) in [4.78, 5) is 4.36. The van der Waals surface area contributed by atoms with Gasteiger partial charge in [-0.1, -0.05) is 15.9 Å². The van der Waals surface area contributed by atoms with Crippen LogP contribution in [0.1, 0.15) is 12.8 Å². The van der Waals surface area contributed by atoms with Crippen LogP contribution in [0, 0.1) is 0 Å². The Morgan fingerprint density at radius 1 is 1.17 bits per heavy atom. The predicted octanol–water partition coefficient (Wildman–Crippen LogP) is 2.95. The zero-order valence-electron chi connectivity index (χ0n) is 9.60. The molecule has 92 valence electrons. The van der Waals surface area contributed by atoms with Crippen LogP contribution in [0.3, 0.4) is 0 Å². The van der Waals surface area contributed by atoms with E-state index in [-0.39, 0.29) is 0 Å². The smallest absolute Gasteiger partial charge is 0.249 e. The highest BCUT2D eigenvalue weighted by Gasteiger charge is 2.21. The first-order valence-corrected chi connectivity index (χ1v) is 6.58.